The highest BCUT2D eigenvalue weighted by molar-refractivity contribution is 5.97. The lowest BCUT2D eigenvalue weighted by Crippen LogP contribution is -2.50. The maximum Gasteiger partial charge on any atom is 0.255 e. The first-order chi connectivity index (χ1) is 13.0. The molecule has 1 aliphatic heterocycles. The summed E-state index contributed by atoms with van der Waals surface area (Å²) in [6, 6.07) is 8.61. The smallest absolute Gasteiger partial charge is 0.255 e. The number of rotatable bonds is 5. The van der Waals surface area contributed by atoms with Crippen molar-refractivity contribution in [1.29, 1.82) is 0 Å². The van der Waals surface area contributed by atoms with Gasteiger partial charge in [-0.3, -0.25) is 4.79 Å². The van der Waals surface area contributed by atoms with E-state index in [4.69, 9.17) is 9.47 Å². The van der Waals surface area contributed by atoms with Crippen LogP contribution in [0.3, 0.4) is 0 Å². The van der Waals surface area contributed by atoms with Gasteiger partial charge in [-0.05, 0) is 48.9 Å². The van der Waals surface area contributed by atoms with Crippen molar-refractivity contribution in [2.45, 2.75) is 18.4 Å². The van der Waals surface area contributed by atoms with Crippen LogP contribution in [0.25, 0.3) is 0 Å². The number of carbonyl (C=O) groups is 1. The van der Waals surface area contributed by atoms with Gasteiger partial charge in [-0.1, -0.05) is 6.07 Å². The summed E-state index contributed by atoms with van der Waals surface area (Å²) in [6.45, 7) is 1.26. The number of ether oxygens (including phenoxy) is 2. The van der Waals surface area contributed by atoms with Gasteiger partial charge >= 0.3 is 0 Å². The number of nitrogens with one attached hydrogen (secondary N) is 2. The first-order valence-electron chi connectivity index (χ1n) is 8.72. The summed E-state index contributed by atoms with van der Waals surface area (Å²) in [5, 5.41) is 6.22. The molecular formula is C20H23ClF2N2O3. The Bertz CT molecular complexity index is 835. The molecule has 3 rings (SSSR count). The Labute approximate surface area is 168 Å². The average molecular weight is 413 g/mol. The highest BCUT2D eigenvalue weighted by Crippen LogP contribution is 2.29. The fourth-order valence-corrected chi connectivity index (χ4v) is 3.39. The third-order valence-corrected chi connectivity index (χ3v) is 4.82. The molecule has 1 amide bonds. The Kier molecular flexibility index (Phi) is 7.60. The molecule has 152 valence electrons. The second kappa shape index (κ2) is 9.71. The van der Waals surface area contributed by atoms with Gasteiger partial charge < -0.3 is 20.1 Å². The minimum Gasteiger partial charge on any atom is -0.497 e. The Morgan fingerprint density at radius 3 is 2.57 bits per heavy atom. The zero-order valence-corrected chi connectivity index (χ0v) is 16.4. The maximum absolute atomic E-state index is 13.7. The molecule has 1 aliphatic rings. The van der Waals surface area contributed by atoms with Crippen molar-refractivity contribution in [3.8, 4) is 11.5 Å². The standard InChI is InChI=1S/C20H22F2N2O3.ClH/c1-26-13-4-6-19(27-2)15(10-13)20(25)24-18-11-23-8-7-14(18)12-3-5-16(21)17(22)9-12;/h3-6,9-10,14,18,23H,7-8,11H2,1-2H3,(H,24,25);1H. The molecule has 0 spiro atoms. The molecule has 2 atom stereocenters. The number of hydrogen-bond donors (Lipinski definition) is 2. The van der Waals surface area contributed by atoms with Gasteiger partial charge in [-0.15, -0.1) is 12.4 Å². The van der Waals surface area contributed by atoms with Gasteiger partial charge in [0.1, 0.15) is 11.5 Å². The van der Waals surface area contributed by atoms with Gasteiger partial charge in [-0.25, -0.2) is 8.78 Å². The molecule has 0 aliphatic carbocycles. The van der Waals surface area contributed by atoms with Gasteiger partial charge in [0.15, 0.2) is 11.6 Å². The summed E-state index contributed by atoms with van der Waals surface area (Å²) < 4.78 is 37.4. The van der Waals surface area contributed by atoms with E-state index in [1.807, 2.05) is 0 Å². The zero-order valence-electron chi connectivity index (χ0n) is 15.6. The molecule has 0 bridgehead atoms. The highest BCUT2D eigenvalue weighted by Gasteiger charge is 2.29. The number of amides is 1. The van der Waals surface area contributed by atoms with E-state index >= 15 is 0 Å². The zero-order chi connectivity index (χ0) is 19.4. The van der Waals surface area contributed by atoms with Crippen LogP contribution < -0.4 is 20.1 Å². The van der Waals surface area contributed by atoms with Gasteiger partial charge in [0.25, 0.3) is 5.91 Å². The summed E-state index contributed by atoms with van der Waals surface area (Å²) in [6.07, 6.45) is 0.700. The summed E-state index contributed by atoms with van der Waals surface area (Å²) in [5.41, 5.74) is 1.02. The van der Waals surface area contributed by atoms with Gasteiger partial charge in [0.2, 0.25) is 0 Å². The first-order valence-corrected chi connectivity index (χ1v) is 8.72. The Morgan fingerprint density at radius 2 is 1.89 bits per heavy atom. The predicted molar refractivity (Wildman–Crippen MR) is 105 cm³/mol. The quantitative estimate of drug-likeness (QED) is 0.791. The van der Waals surface area contributed by atoms with E-state index < -0.39 is 11.6 Å². The summed E-state index contributed by atoms with van der Waals surface area (Å²) >= 11 is 0. The van der Waals surface area contributed by atoms with Crippen molar-refractivity contribution in [1.82, 2.24) is 10.6 Å². The van der Waals surface area contributed by atoms with Crippen molar-refractivity contribution < 1.29 is 23.0 Å². The molecule has 1 fully saturated rings. The Balaban J connectivity index is 0.00000280. The molecule has 0 aromatic heterocycles. The fraction of sp³-hybridized carbons (Fsp3) is 0.350. The third-order valence-electron chi connectivity index (χ3n) is 4.82. The SMILES string of the molecule is COc1ccc(OC)c(C(=O)NC2CNCCC2c2ccc(F)c(F)c2)c1.Cl. The van der Waals surface area contributed by atoms with Crippen LogP contribution in [0.5, 0.6) is 11.5 Å². The summed E-state index contributed by atoms with van der Waals surface area (Å²) in [7, 11) is 3.01. The van der Waals surface area contributed by atoms with Crippen LogP contribution >= 0.6 is 12.4 Å². The molecule has 0 saturated carbocycles. The second-order valence-electron chi connectivity index (χ2n) is 6.42. The van der Waals surface area contributed by atoms with Crippen molar-refractivity contribution in [3.63, 3.8) is 0 Å². The number of piperidine rings is 1. The van der Waals surface area contributed by atoms with Crippen LogP contribution in [0.15, 0.2) is 36.4 Å². The van der Waals surface area contributed by atoms with Crippen LogP contribution in [-0.2, 0) is 0 Å². The van der Waals surface area contributed by atoms with Crippen molar-refractivity contribution in [2.24, 2.45) is 0 Å². The van der Waals surface area contributed by atoms with E-state index in [-0.39, 0.29) is 30.3 Å². The molecule has 1 heterocycles. The van der Waals surface area contributed by atoms with Crippen LogP contribution in [0.1, 0.15) is 28.3 Å². The average Bonchev–Trinajstić information content (AvgIpc) is 2.70. The predicted octanol–water partition coefficient (Wildman–Crippen LogP) is 3.28. The van der Waals surface area contributed by atoms with Crippen molar-refractivity contribution >= 4 is 18.3 Å². The number of carbonyl (C=O) groups excluding carboxylic acids is 1. The molecule has 0 radical (unpaired) electrons. The van der Waals surface area contributed by atoms with E-state index in [9.17, 15) is 13.6 Å². The molecule has 2 unspecified atom stereocenters. The van der Waals surface area contributed by atoms with Gasteiger partial charge in [0, 0.05) is 18.5 Å². The van der Waals surface area contributed by atoms with E-state index in [1.54, 1.807) is 24.3 Å². The normalized spacial score (nSPS) is 18.7. The molecular weight excluding hydrogens is 390 g/mol. The summed E-state index contributed by atoms with van der Waals surface area (Å²) in [5.74, 6) is -1.23. The van der Waals surface area contributed by atoms with Crippen molar-refractivity contribution in [2.75, 3.05) is 27.3 Å². The van der Waals surface area contributed by atoms with Crippen LogP contribution in [-0.4, -0.2) is 39.3 Å². The Morgan fingerprint density at radius 1 is 1.11 bits per heavy atom. The van der Waals surface area contributed by atoms with Gasteiger partial charge in [-0.2, -0.15) is 0 Å². The lowest BCUT2D eigenvalue weighted by molar-refractivity contribution is 0.0921. The van der Waals surface area contributed by atoms with E-state index in [0.29, 0.717) is 35.6 Å². The van der Waals surface area contributed by atoms with Gasteiger partial charge in [0.05, 0.1) is 19.8 Å². The highest BCUT2D eigenvalue weighted by atomic mass is 35.5. The lowest BCUT2D eigenvalue weighted by Gasteiger charge is -2.33. The molecule has 2 aromatic rings. The molecule has 8 heteroatoms. The minimum absolute atomic E-state index is 0. The largest absolute Gasteiger partial charge is 0.497 e. The fourth-order valence-electron chi connectivity index (χ4n) is 3.39. The number of benzene rings is 2. The number of hydrogen-bond acceptors (Lipinski definition) is 4. The first kappa shape index (κ1) is 21.9. The van der Waals surface area contributed by atoms with E-state index in [2.05, 4.69) is 10.6 Å². The molecule has 2 aromatic carbocycles. The van der Waals surface area contributed by atoms with E-state index in [1.165, 1.54) is 20.3 Å². The summed E-state index contributed by atoms with van der Waals surface area (Å²) in [4.78, 5) is 12.9. The minimum atomic E-state index is -0.884. The topological polar surface area (TPSA) is 59.6 Å². The molecule has 1 saturated heterocycles. The third kappa shape index (κ3) is 4.72. The molecule has 28 heavy (non-hydrogen) atoms. The van der Waals surface area contributed by atoms with E-state index in [0.717, 1.165) is 12.6 Å². The second-order valence-corrected chi connectivity index (χ2v) is 6.42. The van der Waals surface area contributed by atoms with Crippen LogP contribution in [0, 0.1) is 11.6 Å². The van der Waals surface area contributed by atoms with Crippen molar-refractivity contribution in [3.05, 3.63) is 59.2 Å². The Hall–Kier alpha value is -2.38. The van der Waals surface area contributed by atoms with Crippen LogP contribution in [0.4, 0.5) is 8.78 Å². The van der Waals surface area contributed by atoms with Crippen LogP contribution in [0.2, 0.25) is 0 Å². The molecule has 5 nitrogen and oxygen atoms in total. The number of halogens is 3. The monoisotopic (exact) mass is 412 g/mol. The molecule has 2 N–H and O–H groups in total. The number of methoxy groups -OCH3 is 2. The lowest BCUT2D eigenvalue weighted by atomic mass is 9.85. The maximum atomic E-state index is 13.7.